The lowest BCUT2D eigenvalue weighted by molar-refractivity contribution is -0.132. The molecule has 0 aliphatic heterocycles. The monoisotopic (exact) mass is 249 g/mol. The number of nitrogens with two attached hydrogens (primary N) is 1. The van der Waals surface area contributed by atoms with Crippen molar-refractivity contribution in [2.24, 2.45) is 5.73 Å². The molecule has 0 rings (SSSR count). The zero-order valence-corrected chi connectivity index (χ0v) is 9.78. The molecule has 0 radical (unpaired) electrons. The van der Waals surface area contributed by atoms with E-state index in [9.17, 15) is 9.59 Å². The van der Waals surface area contributed by atoms with Crippen molar-refractivity contribution in [3.63, 3.8) is 0 Å². The van der Waals surface area contributed by atoms with Crippen LogP contribution in [0.15, 0.2) is 12.2 Å². The van der Waals surface area contributed by atoms with Gasteiger partial charge in [-0.25, -0.2) is 0 Å². The SMILES string of the molecule is C=C(C)C(N)=O.C[C@@H](O)[C@@H](O)[C@H](O)[C@H](O)C=O. The van der Waals surface area contributed by atoms with Crippen LogP contribution in [0.5, 0.6) is 0 Å². The van der Waals surface area contributed by atoms with Crippen LogP contribution in [0.3, 0.4) is 0 Å². The van der Waals surface area contributed by atoms with E-state index in [0.29, 0.717) is 5.57 Å². The first kappa shape index (κ1) is 18.1. The van der Waals surface area contributed by atoms with Crippen LogP contribution >= 0.6 is 0 Å². The molecule has 0 fully saturated rings. The third-order valence-corrected chi connectivity index (χ3v) is 1.75. The molecular formula is C10H19NO6. The first-order valence-corrected chi connectivity index (χ1v) is 4.78. The molecule has 0 aromatic rings. The van der Waals surface area contributed by atoms with Gasteiger partial charge in [-0.3, -0.25) is 4.79 Å². The van der Waals surface area contributed by atoms with Crippen LogP contribution in [0.4, 0.5) is 0 Å². The van der Waals surface area contributed by atoms with E-state index < -0.39 is 30.3 Å². The fourth-order valence-corrected chi connectivity index (χ4v) is 0.568. The number of carbonyl (C=O) groups is 2. The Balaban J connectivity index is 0. The summed E-state index contributed by atoms with van der Waals surface area (Å²) in [4.78, 5) is 19.7. The second kappa shape index (κ2) is 8.82. The van der Waals surface area contributed by atoms with Crippen molar-refractivity contribution in [2.45, 2.75) is 38.3 Å². The third kappa shape index (κ3) is 8.52. The summed E-state index contributed by atoms with van der Waals surface area (Å²) in [7, 11) is 0. The highest BCUT2D eigenvalue weighted by Gasteiger charge is 2.27. The Morgan fingerprint density at radius 3 is 1.76 bits per heavy atom. The minimum atomic E-state index is -1.65. The Kier molecular flexibility index (Phi) is 9.39. The smallest absolute Gasteiger partial charge is 0.243 e. The van der Waals surface area contributed by atoms with Gasteiger partial charge in [0, 0.05) is 5.57 Å². The molecule has 0 aliphatic carbocycles. The maximum Gasteiger partial charge on any atom is 0.243 e. The number of aliphatic hydroxyl groups is 4. The summed E-state index contributed by atoms with van der Waals surface area (Å²) in [5.41, 5.74) is 5.09. The highest BCUT2D eigenvalue weighted by Crippen LogP contribution is 2.02. The molecule has 1 amide bonds. The summed E-state index contributed by atoms with van der Waals surface area (Å²) >= 11 is 0. The summed E-state index contributed by atoms with van der Waals surface area (Å²) in [5.74, 6) is -0.435. The van der Waals surface area contributed by atoms with Crippen molar-refractivity contribution >= 4 is 12.2 Å². The van der Waals surface area contributed by atoms with Gasteiger partial charge in [0.25, 0.3) is 0 Å². The molecule has 7 nitrogen and oxygen atoms in total. The van der Waals surface area contributed by atoms with E-state index in [1.54, 1.807) is 6.92 Å². The van der Waals surface area contributed by atoms with Crippen LogP contribution in [-0.4, -0.2) is 57.0 Å². The molecule has 4 atom stereocenters. The van der Waals surface area contributed by atoms with Gasteiger partial charge < -0.3 is 31.0 Å². The fourth-order valence-electron chi connectivity index (χ4n) is 0.568. The van der Waals surface area contributed by atoms with E-state index >= 15 is 0 Å². The standard InChI is InChI=1S/C6H12O5.C4H7NO/c1-3(8)5(10)6(11)4(9)2-7;1-3(2)4(5)6/h2-6,8-11H,1H3;1H2,2H3,(H2,5,6)/t3-,4-,5-,6-;/m1./s1. The number of carbonyl (C=O) groups excluding carboxylic acids is 2. The molecular weight excluding hydrogens is 230 g/mol. The summed E-state index contributed by atoms with van der Waals surface area (Å²) in [6, 6.07) is 0. The molecule has 0 bridgehead atoms. The van der Waals surface area contributed by atoms with Gasteiger partial charge in [-0.1, -0.05) is 6.58 Å². The topological polar surface area (TPSA) is 141 Å². The van der Waals surface area contributed by atoms with Gasteiger partial charge in [-0.2, -0.15) is 0 Å². The molecule has 0 aromatic heterocycles. The number of primary amides is 1. The molecule has 6 N–H and O–H groups in total. The summed E-state index contributed by atoms with van der Waals surface area (Å²) in [6.45, 7) is 6.09. The largest absolute Gasteiger partial charge is 0.391 e. The predicted octanol–water partition coefficient (Wildman–Crippen LogP) is -2.30. The van der Waals surface area contributed by atoms with Gasteiger partial charge in [0.2, 0.25) is 5.91 Å². The maximum absolute atomic E-state index is 9.87. The molecule has 0 heterocycles. The number of aliphatic hydroxyl groups excluding tert-OH is 4. The molecule has 0 aliphatic rings. The molecule has 7 heteroatoms. The average Bonchev–Trinajstić information content (AvgIpc) is 2.26. The van der Waals surface area contributed by atoms with Crippen LogP contribution in [0.1, 0.15) is 13.8 Å². The Morgan fingerprint density at radius 2 is 1.59 bits per heavy atom. The molecule has 0 aromatic carbocycles. The van der Waals surface area contributed by atoms with Crippen LogP contribution in [-0.2, 0) is 9.59 Å². The van der Waals surface area contributed by atoms with E-state index in [1.165, 1.54) is 6.92 Å². The molecule has 17 heavy (non-hydrogen) atoms. The van der Waals surface area contributed by atoms with Crippen molar-refractivity contribution in [3.8, 4) is 0 Å². The lowest BCUT2D eigenvalue weighted by Crippen LogP contribution is -2.43. The molecule has 0 saturated heterocycles. The Morgan fingerprint density at radius 1 is 1.24 bits per heavy atom. The van der Waals surface area contributed by atoms with Gasteiger partial charge in [-0.15, -0.1) is 0 Å². The van der Waals surface area contributed by atoms with Crippen molar-refractivity contribution in [1.29, 1.82) is 0 Å². The van der Waals surface area contributed by atoms with E-state index in [0.717, 1.165) is 0 Å². The van der Waals surface area contributed by atoms with E-state index in [4.69, 9.17) is 26.2 Å². The van der Waals surface area contributed by atoms with Gasteiger partial charge in [0.15, 0.2) is 6.29 Å². The van der Waals surface area contributed by atoms with Crippen LogP contribution in [0.2, 0.25) is 0 Å². The van der Waals surface area contributed by atoms with Gasteiger partial charge in [0.05, 0.1) is 6.10 Å². The number of hydrogen-bond acceptors (Lipinski definition) is 6. The highest BCUT2D eigenvalue weighted by molar-refractivity contribution is 5.90. The Bertz CT molecular complexity index is 254. The van der Waals surface area contributed by atoms with E-state index in [1.807, 2.05) is 0 Å². The first-order chi connectivity index (χ1) is 7.64. The Labute approximate surface area is 99.2 Å². The maximum atomic E-state index is 9.87. The summed E-state index contributed by atoms with van der Waals surface area (Å²) < 4.78 is 0. The minimum Gasteiger partial charge on any atom is -0.391 e. The van der Waals surface area contributed by atoms with Crippen molar-refractivity contribution in [1.82, 2.24) is 0 Å². The number of amides is 1. The zero-order chi connectivity index (χ0) is 14.2. The second-order valence-electron chi connectivity index (χ2n) is 3.49. The molecule has 0 spiro atoms. The first-order valence-electron chi connectivity index (χ1n) is 4.78. The lowest BCUT2D eigenvalue weighted by Gasteiger charge is -2.21. The van der Waals surface area contributed by atoms with Crippen molar-refractivity contribution in [2.75, 3.05) is 0 Å². The van der Waals surface area contributed by atoms with Crippen LogP contribution in [0, 0.1) is 0 Å². The zero-order valence-electron chi connectivity index (χ0n) is 9.78. The number of aldehydes is 1. The van der Waals surface area contributed by atoms with Crippen LogP contribution in [0.25, 0.3) is 0 Å². The summed E-state index contributed by atoms with van der Waals surface area (Å²) in [6.07, 6.45) is -5.88. The minimum absolute atomic E-state index is 0.0935. The second-order valence-corrected chi connectivity index (χ2v) is 3.49. The van der Waals surface area contributed by atoms with Gasteiger partial charge in [0.1, 0.15) is 18.3 Å². The summed E-state index contributed by atoms with van der Waals surface area (Å²) in [5, 5.41) is 35.1. The van der Waals surface area contributed by atoms with Crippen molar-refractivity contribution < 1.29 is 30.0 Å². The van der Waals surface area contributed by atoms with E-state index in [2.05, 4.69) is 6.58 Å². The molecule has 0 saturated carbocycles. The quantitative estimate of drug-likeness (QED) is 0.274. The van der Waals surface area contributed by atoms with E-state index in [-0.39, 0.29) is 6.29 Å². The number of hydrogen-bond donors (Lipinski definition) is 5. The third-order valence-electron chi connectivity index (χ3n) is 1.75. The van der Waals surface area contributed by atoms with Crippen molar-refractivity contribution in [3.05, 3.63) is 12.2 Å². The van der Waals surface area contributed by atoms with Crippen LogP contribution < -0.4 is 5.73 Å². The van der Waals surface area contributed by atoms with Gasteiger partial charge in [-0.05, 0) is 13.8 Å². The molecule has 100 valence electrons. The average molecular weight is 249 g/mol. The fraction of sp³-hybridized carbons (Fsp3) is 0.600. The number of rotatable bonds is 5. The predicted molar refractivity (Wildman–Crippen MR) is 59.8 cm³/mol. The normalized spacial score (nSPS) is 16.8. The Hall–Kier alpha value is -1.28. The lowest BCUT2D eigenvalue weighted by atomic mass is 10.1. The highest BCUT2D eigenvalue weighted by atomic mass is 16.4. The molecule has 0 unspecified atom stereocenters. The van der Waals surface area contributed by atoms with Gasteiger partial charge >= 0.3 is 0 Å².